The summed E-state index contributed by atoms with van der Waals surface area (Å²) in [5, 5.41) is 6.72. The molecule has 4 aromatic rings. The maximum atomic E-state index is 11.8. The lowest BCUT2D eigenvalue weighted by molar-refractivity contribution is -0.114. The lowest BCUT2D eigenvalue weighted by Crippen LogP contribution is -2.29. The van der Waals surface area contributed by atoms with Gasteiger partial charge in [-0.2, -0.15) is 0 Å². The van der Waals surface area contributed by atoms with Gasteiger partial charge in [0.25, 0.3) is 0 Å². The van der Waals surface area contributed by atoms with Gasteiger partial charge in [-0.1, -0.05) is 18.2 Å². The van der Waals surface area contributed by atoms with Gasteiger partial charge in [0, 0.05) is 30.1 Å². The predicted molar refractivity (Wildman–Crippen MR) is 144 cm³/mol. The summed E-state index contributed by atoms with van der Waals surface area (Å²) in [6.07, 6.45) is 1.75. The Hall–Kier alpha value is -4.50. The van der Waals surface area contributed by atoms with Crippen molar-refractivity contribution in [3.05, 3.63) is 102 Å². The number of nitrogens with zero attached hydrogens (tertiary/aromatic N) is 2. The number of aromatic nitrogens is 1. The van der Waals surface area contributed by atoms with Crippen LogP contribution in [-0.2, 0) is 9.53 Å². The Balaban J connectivity index is 1.51. The Morgan fingerprint density at radius 2 is 1.78 bits per heavy atom. The van der Waals surface area contributed by atoms with Gasteiger partial charge < -0.3 is 24.7 Å². The molecule has 2 atom stereocenters. The van der Waals surface area contributed by atoms with Gasteiger partial charge in [0.2, 0.25) is 5.91 Å². The standard InChI is InChI=1S/C28H24N4O4S/c1-17(33)30-20-10-12-21(13-11-20)32-26(25(31-28(32)37)22-5-3-4-16-29-22)24-15-14-23(36-24)18-6-8-19(9-7-18)27(34)35-2/h3-16,25-26H,1-2H3,(H,30,33)(H,31,37)/t25-,26+/m1/s1. The van der Waals surface area contributed by atoms with Gasteiger partial charge in [-0.25, -0.2) is 4.79 Å². The number of ether oxygens (including phenoxy) is 1. The zero-order valence-electron chi connectivity index (χ0n) is 20.2. The number of hydrogen-bond acceptors (Lipinski definition) is 6. The second kappa shape index (κ2) is 10.2. The van der Waals surface area contributed by atoms with Gasteiger partial charge in [0.1, 0.15) is 17.6 Å². The Morgan fingerprint density at radius 1 is 1.03 bits per heavy atom. The number of nitrogens with one attached hydrogen (secondary N) is 2. The number of rotatable bonds is 6. The van der Waals surface area contributed by atoms with E-state index in [2.05, 4.69) is 15.6 Å². The molecule has 0 radical (unpaired) electrons. The third-order valence-electron chi connectivity index (χ3n) is 6.07. The minimum atomic E-state index is -0.393. The number of amides is 1. The molecule has 8 nitrogen and oxygen atoms in total. The second-order valence-electron chi connectivity index (χ2n) is 8.50. The molecule has 2 aromatic carbocycles. The first kappa shape index (κ1) is 24.2. The molecule has 5 rings (SSSR count). The highest BCUT2D eigenvalue weighted by Crippen LogP contribution is 2.43. The first-order valence-electron chi connectivity index (χ1n) is 11.6. The van der Waals surface area contributed by atoms with Crippen LogP contribution in [0.4, 0.5) is 11.4 Å². The Morgan fingerprint density at radius 3 is 2.43 bits per heavy atom. The molecule has 3 heterocycles. The number of carbonyl (C=O) groups excluding carboxylic acids is 2. The average Bonchev–Trinajstić information content (AvgIpc) is 3.54. The maximum absolute atomic E-state index is 11.8. The van der Waals surface area contributed by atoms with Crippen molar-refractivity contribution in [3.8, 4) is 11.3 Å². The number of thiocarbonyl (C=S) groups is 1. The number of pyridine rings is 1. The first-order valence-corrected chi connectivity index (χ1v) is 12.0. The summed E-state index contributed by atoms with van der Waals surface area (Å²) in [5.41, 5.74) is 3.66. The summed E-state index contributed by atoms with van der Waals surface area (Å²) in [6, 6.07) is 23.5. The summed E-state index contributed by atoms with van der Waals surface area (Å²) in [6.45, 7) is 1.47. The van der Waals surface area contributed by atoms with E-state index in [0.29, 0.717) is 27.9 Å². The molecule has 186 valence electrons. The number of methoxy groups -OCH3 is 1. The average molecular weight is 513 g/mol. The third kappa shape index (κ3) is 4.94. The SMILES string of the molecule is COC(=O)c1ccc(-c2ccc([C@H]3[C@@H](c4ccccn4)NC(=S)N3c3ccc(NC(C)=O)cc3)o2)cc1. The number of anilines is 2. The smallest absolute Gasteiger partial charge is 0.337 e. The molecule has 9 heteroatoms. The minimum Gasteiger partial charge on any atom is -0.465 e. The van der Waals surface area contributed by atoms with Crippen LogP contribution >= 0.6 is 12.2 Å². The minimum absolute atomic E-state index is 0.137. The van der Waals surface area contributed by atoms with E-state index in [4.69, 9.17) is 21.4 Å². The zero-order valence-corrected chi connectivity index (χ0v) is 21.0. The summed E-state index contributed by atoms with van der Waals surface area (Å²) in [5.74, 6) is 0.823. The molecule has 1 aliphatic rings. The Bertz CT molecular complexity index is 1440. The molecular formula is C28H24N4O4S. The highest BCUT2D eigenvalue weighted by Gasteiger charge is 2.42. The largest absolute Gasteiger partial charge is 0.465 e. The van der Waals surface area contributed by atoms with Crippen LogP contribution in [0.1, 0.15) is 40.8 Å². The van der Waals surface area contributed by atoms with E-state index in [9.17, 15) is 9.59 Å². The summed E-state index contributed by atoms with van der Waals surface area (Å²) >= 11 is 5.76. The number of carbonyl (C=O) groups is 2. The Labute approximate surface area is 219 Å². The molecule has 1 aliphatic heterocycles. The predicted octanol–water partition coefficient (Wildman–Crippen LogP) is 5.26. The van der Waals surface area contributed by atoms with E-state index in [1.165, 1.54) is 14.0 Å². The molecule has 1 saturated heterocycles. The van der Waals surface area contributed by atoms with Crippen molar-refractivity contribution in [1.29, 1.82) is 0 Å². The van der Waals surface area contributed by atoms with E-state index >= 15 is 0 Å². The van der Waals surface area contributed by atoms with Crippen LogP contribution in [0.15, 0.2) is 89.5 Å². The molecule has 0 saturated carbocycles. The fourth-order valence-electron chi connectivity index (χ4n) is 4.39. The van der Waals surface area contributed by atoms with Gasteiger partial charge in [-0.15, -0.1) is 0 Å². The number of benzene rings is 2. The van der Waals surface area contributed by atoms with Gasteiger partial charge in [-0.05, 0) is 72.9 Å². The van der Waals surface area contributed by atoms with Crippen molar-refractivity contribution in [2.24, 2.45) is 0 Å². The fraction of sp³-hybridized carbons (Fsp3) is 0.143. The quantitative estimate of drug-likeness (QED) is 0.267. The fourth-order valence-corrected chi connectivity index (χ4v) is 4.73. The normalized spacial score (nSPS) is 16.8. The number of hydrogen-bond donors (Lipinski definition) is 2. The van der Waals surface area contributed by atoms with Crippen molar-refractivity contribution in [3.63, 3.8) is 0 Å². The summed E-state index contributed by atoms with van der Waals surface area (Å²) < 4.78 is 11.2. The van der Waals surface area contributed by atoms with Crippen LogP contribution in [0.25, 0.3) is 11.3 Å². The zero-order chi connectivity index (χ0) is 25.9. The molecule has 0 aliphatic carbocycles. The molecule has 0 bridgehead atoms. The van der Waals surface area contributed by atoms with Crippen molar-refractivity contribution in [2.75, 3.05) is 17.3 Å². The van der Waals surface area contributed by atoms with Gasteiger partial charge in [0.05, 0.1) is 24.4 Å². The number of esters is 1. The highest BCUT2D eigenvalue weighted by molar-refractivity contribution is 7.80. The lowest BCUT2D eigenvalue weighted by Gasteiger charge is -2.26. The van der Waals surface area contributed by atoms with E-state index in [1.807, 2.05) is 71.6 Å². The monoisotopic (exact) mass is 512 g/mol. The molecule has 1 fully saturated rings. The third-order valence-corrected chi connectivity index (χ3v) is 6.39. The molecule has 0 unspecified atom stereocenters. The van der Waals surface area contributed by atoms with E-state index < -0.39 is 5.97 Å². The van der Waals surface area contributed by atoms with E-state index in [1.54, 1.807) is 18.3 Å². The maximum Gasteiger partial charge on any atom is 0.337 e. The molecule has 2 N–H and O–H groups in total. The van der Waals surface area contributed by atoms with Crippen LogP contribution in [-0.4, -0.2) is 29.1 Å². The molecule has 2 aromatic heterocycles. The summed E-state index contributed by atoms with van der Waals surface area (Å²) in [4.78, 5) is 29.8. The summed E-state index contributed by atoms with van der Waals surface area (Å²) in [7, 11) is 1.35. The highest BCUT2D eigenvalue weighted by atomic mass is 32.1. The number of furan rings is 1. The van der Waals surface area contributed by atoms with Crippen molar-refractivity contribution in [2.45, 2.75) is 19.0 Å². The van der Waals surface area contributed by atoms with Crippen molar-refractivity contribution >= 4 is 40.6 Å². The molecule has 37 heavy (non-hydrogen) atoms. The van der Waals surface area contributed by atoms with Crippen LogP contribution in [0.2, 0.25) is 0 Å². The van der Waals surface area contributed by atoms with E-state index in [0.717, 1.165) is 16.9 Å². The van der Waals surface area contributed by atoms with Crippen LogP contribution < -0.4 is 15.5 Å². The lowest BCUT2D eigenvalue weighted by atomic mass is 10.0. The first-order chi connectivity index (χ1) is 17.9. The topological polar surface area (TPSA) is 96.7 Å². The second-order valence-corrected chi connectivity index (χ2v) is 8.88. The van der Waals surface area contributed by atoms with E-state index in [-0.39, 0.29) is 18.0 Å². The van der Waals surface area contributed by atoms with Crippen molar-refractivity contribution in [1.82, 2.24) is 10.3 Å². The van der Waals surface area contributed by atoms with Gasteiger partial charge in [0.15, 0.2) is 5.11 Å². The van der Waals surface area contributed by atoms with Gasteiger partial charge in [-0.3, -0.25) is 9.78 Å². The van der Waals surface area contributed by atoms with Crippen molar-refractivity contribution < 1.29 is 18.7 Å². The molecule has 1 amide bonds. The van der Waals surface area contributed by atoms with Gasteiger partial charge >= 0.3 is 5.97 Å². The van der Waals surface area contributed by atoms with Crippen LogP contribution in [0, 0.1) is 0 Å². The van der Waals surface area contributed by atoms with Crippen LogP contribution in [0.5, 0.6) is 0 Å². The van der Waals surface area contributed by atoms with Crippen LogP contribution in [0.3, 0.4) is 0 Å². The molecular weight excluding hydrogens is 488 g/mol. The Kier molecular flexibility index (Phi) is 6.70. The molecule has 0 spiro atoms.